The highest BCUT2D eigenvalue weighted by Crippen LogP contribution is 2.35. The van der Waals surface area contributed by atoms with Gasteiger partial charge in [0.1, 0.15) is 6.54 Å². The quantitative estimate of drug-likeness (QED) is 0.704. The number of fused-ring (bicyclic) bond motifs is 1. The molecule has 9 heteroatoms. The Morgan fingerprint density at radius 2 is 2.09 bits per heavy atom. The van der Waals surface area contributed by atoms with E-state index in [1.54, 1.807) is 12.1 Å². The van der Waals surface area contributed by atoms with Gasteiger partial charge in [-0.15, -0.1) is 0 Å². The van der Waals surface area contributed by atoms with Gasteiger partial charge in [0, 0.05) is 19.7 Å². The van der Waals surface area contributed by atoms with Crippen LogP contribution in [0.15, 0.2) is 18.2 Å². The number of nitrogens with one attached hydrogen (secondary N) is 1. The van der Waals surface area contributed by atoms with Crippen LogP contribution in [0, 0.1) is 0 Å². The smallest absolute Gasteiger partial charge is 0.240 e. The third-order valence-electron chi connectivity index (χ3n) is 2.96. The molecule has 0 aromatic heterocycles. The Labute approximate surface area is 129 Å². The summed E-state index contributed by atoms with van der Waals surface area (Å²) in [6.07, 6.45) is 1.04. The van der Waals surface area contributed by atoms with Crippen LogP contribution < -0.4 is 19.1 Å². The summed E-state index contributed by atoms with van der Waals surface area (Å²) in [5.74, 6) is 0.577. The van der Waals surface area contributed by atoms with E-state index in [4.69, 9.17) is 14.2 Å². The molecule has 1 aromatic carbocycles. The number of hydrogen-bond acceptors (Lipinski definition) is 6. The Balaban J connectivity index is 2.15. The highest BCUT2D eigenvalue weighted by molar-refractivity contribution is 7.92. The first-order valence-corrected chi connectivity index (χ1v) is 8.39. The summed E-state index contributed by atoms with van der Waals surface area (Å²) >= 11 is 0. The number of anilines is 1. The molecule has 2 rings (SSSR count). The fourth-order valence-corrected chi connectivity index (χ4v) is 2.77. The third kappa shape index (κ3) is 4.01. The SMILES string of the molecule is COCCNC(=O)CN(c1ccc2c(c1)OCO2)S(C)(=O)=O. The molecule has 22 heavy (non-hydrogen) atoms. The van der Waals surface area contributed by atoms with Crippen molar-refractivity contribution in [1.29, 1.82) is 0 Å². The zero-order chi connectivity index (χ0) is 16.2. The van der Waals surface area contributed by atoms with Crippen LogP contribution >= 0.6 is 0 Å². The number of carbonyl (C=O) groups excluding carboxylic acids is 1. The Hall–Kier alpha value is -2.00. The molecule has 122 valence electrons. The van der Waals surface area contributed by atoms with E-state index in [2.05, 4.69) is 5.32 Å². The lowest BCUT2D eigenvalue weighted by Crippen LogP contribution is -2.41. The Bertz CT molecular complexity index is 646. The van der Waals surface area contributed by atoms with E-state index in [-0.39, 0.29) is 13.3 Å². The lowest BCUT2D eigenvalue weighted by molar-refractivity contribution is -0.119. The molecule has 0 saturated heterocycles. The van der Waals surface area contributed by atoms with Crippen molar-refractivity contribution in [3.63, 3.8) is 0 Å². The number of nitrogens with zero attached hydrogens (tertiary/aromatic N) is 1. The highest BCUT2D eigenvalue weighted by Gasteiger charge is 2.23. The molecular formula is C13H18N2O6S. The minimum Gasteiger partial charge on any atom is -0.454 e. The Morgan fingerprint density at radius 1 is 1.36 bits per heavy atom. The minimum atomic E-state index is -3.62. The molecule has 8 nitrogen and oxygen atoms in total. The standard InChI is InChI=1S/C13H18N2O6S/c1-19-6-5-14-13(16)8-15(22(2,17)18)10-3-4-11-12(7-10)21-9-20-11/h3-4,7H,5-6,8-9H2,1-2H3,(H,14,16). The van der Waals surface area contributed by atoms with Crippen LogP contribution in [0.2, 0.25) is 0 Å². The zero-order valence-electron chi connectivity index (χ0n) is 12.4. The number of ether oxygens (including phenoxy) is 3. The van der Waals surface area contributed by atoms with Crippen molar-refractivity contribution < 1.29 is 27.4 Å². The summed E-state index contributed by atoms with van der Waals surface area (Å²) < 4.78 is 40.1. The second kappa shape index (κ2) is 6.84. The van der Waals surface area contributed by atoms with Gasteiger partial charge in [0.2, 0.25) is 22.7 Å². The summed E-state index contributed by atoms with van der Waals surface area (Å²) in [6, 6.07) is 4.71. The van der Waals surface area contributed by atoms with Gasteiger partial charge in [-0.2, -0.15) is 0 Å². The maximum absolute atomic E-state index is 11.9. The molecule has 1 N–H and O–H groups in total. The summed E-state index contributed by atoms with van der Waals surface area (Å²) in [7, 11) is -2.10. The predicted octanol–water partition coefficient (Wildman–Crippen LogP) is -0.0561. The first-order valence-electron chi connectivity index (χ1n) is 6.55. The Morgan fingerprint density at radius 3 is 2.77 bits per heavy atom. The van der Waals surface area contributed by atoms with Crippen LogP contribution in [-0.4, -0.2) is 54.2 Å². The summed E-state index contributed by atoms with van der Waals surface area (Å²) in [6.45, 7) is 0.445. The first kappa shape index (κ1) is 16.4. The van der Waals surface area contributed by atoms with E-state index in [0.29, 0.717) is 30.3 Å². The van der Waals surface area contributed by atoms with E-state index in [1.807, 2.05) is 0 Å². The molecule has 1 amide bonds. The Kier molecular flexibility index (Phi) is 5.09. The number of methoxy groups -OCH3 is 1. The first-order chi connectivity index (χ1) is 10.4. The molecule has 0 spiro atoms. The van der Waals surface area contributed by atoms with Crippen molar-refractivity contribution in [3.05, 3.63) is 18.2 Å². The van der Waals surface area contributed by atoms with Crippen molar-refractivity contribution in [1.82, 2.24) is 5.32 Å². The molecule has 0 atom stereocenters. The average molecular weight is 330 g/mol. The fourth-order valence-electron chi connectivity index (χ4n) is 1.92. The molecule has 0 aliphatic carbocycles. The van der Waals surface area contributed by atoms with Crippen molar-refractivity contribution in [2.24, 2.45) is 0 Å². The van der Waals surface area contributed by atoms with Crippen LogP contribution in [0.5, 0.6) is 11.5 Å². The number of amides is 1. The molecule has 0 unspecified atom stereocenters. The lowest BCUT2D eigenvalue weighted by atomic mass is 10.3. The maximum Gasteiger partial charge on any atom is 0.240 e. The average Bonchev–Trinajstić information content (AvgIpc) is 2.91. The zero-order valence-corrected chi connectivity index (χ0v) is 13.2. The number of benzene rings is 1. The van der Waals surface area contributed by atoms with E-state index in [9.17, 15) is 13.2 Å². The maximum atomic E-state index is 11.9. The summed E-state index contributed by atoms with van der Waals surface area (Å²) in [4.78, 5) is 11.9. The van der Waals surface area contributed by atoms with Gasteiger partial charge in [0.05, 0.1) is 18.6 Å². The lowest BCUT2D eigenvalue weighted by Gasteiger charge is -2.22. The summed E-state index contributed by atoms with van der Waals surface area (Å²) in [5.41, 5.74) is 0.341. The van der Waals surface area contributed by atoms with Gasteiger partial charge in [0.15, 0.2) is 11.5 Å². The normalized spacial score (nSPS) is 13.0. The van der Waals surface area contributed by atoms with Crippen LogP contribution in [0.25, 0.3) is 0 Å². The van der Waals surface area contributed by atoms with Gasteiger partial charge >= 0.3 is 0 Å². The minimum absolute atomic E-state index is 0.0924. The molecule has 0 bridgehead atoms. The van der Waals surface area contributed by atoms with Gasteiger partial charge in [-0.25, -0.2) is 8.42 Å². The molecule has 1 aromatic rings. The van der Waals surface area contributed by atoms with Gasteiger partial charge in [-0.3, -0.25) is 9.10 Å². The monoisotopic (exact) mass is 330 g/mol. The van der Waals surface area contributed by atoms with Crippen LogP contribution in [0.3, 0.4) is 0 Å². The van der Waals surface area contributed by atoms with Gasteiger partial charge in [-0.1, -0.05) is 0 Å². The number of rotatable bonds is 7. The van der Waals surface area contributed by atoms with E-state index >= 15 is 0 Å². The molecule has 1 aliphatic rings. The van der Waals surface area contributed by atoms with Crippen molar-refractivity contribution >= 4 is 21.6 Å². The molecule has 1 heterocycles. The van der Waals surface area contributed by atoms with Crippen molar-refractivity contribution in [3.8, 4) is 11.5 Å². The summed E-state index contributed by atoms with van der Waals surface area (Å²) in [5, 5.41) is 2.58. The number of hydrogen-bond donors (Lipinski definition) is 1. The number of sulfonamides is 1. The van der Waals surface area contributed by atoms with Crippen LogP contribution in [0.1, 0.15) is 0 Å². The molecule has 0 saturated carbocycles. The fraction of sp³-hybridized carbons (Fsp3) is 0.462. The predicted molar refractivity (Wildman–Crippen MR) is 79.6 cm³/mol. The van der Waals surface area contributed by atoms with Crippen LogP contribution in [-0.2, 0) is 19.6 Å². The number of carbonyl (C=O) groups is 1. The molecule has 0 fully saturated rings. The van der Waals surface area contributed by atoms with E-state index < -0.39 is 15.9 Å². The molecular weight excluding hydrogens is 312 g/mol. The second-order valence-corrected chi connectivity index (χ2v) is 6.56. The molecule has 1 aliphatic heterocycles. The largest absolute Gasteiger partial charge is 0.454 e. The van der Waals surface area contributed by atoms with Gasteiger partial charge in [-0.05, 0) is 12.1 Å². The second-order valence-electron chi connectivity index (χ2n) is 4.65. The highest BCUT2D eigenvalue weighted by atomic mass is 32.2. The van der Waals surface area contributed by atoms with E-state index in [0.717, 1.165) is 10.6 Å². The van der Waals surface area contributed by atoms with Gasteiger partial charge in [0.25, 0.3) is 0 Å². The van der Waals surface area contributed by atoms with Crippen molar-refractivity contribution in [2.75, 3.05) is 44.2 Å². The van der Waals surface area contributed by atoms with Crippen molar-refractivity contribution in [2.45, 2.75) is 0 Å². The van der Waals surface area contributed by atoms with Crippen LogP contribution in [0.4, 0.5) is 5.69 Å². The van der Waals surface area contributed by atoms with E-state index in [1.165, 1.54) is 13.2 Å². The third-order valence-corrected chi connectivity index (χ3v) is 4.10. The van der Waals surface area contributed by atoms with Gasteiger partial charge < -0.3 is 19.5 Å². The topological polar surface area (TPSA) is 94.2 Å². The molecule has 0 radical (unpaired) electrons.